The third kappa shape index (κ3) is 2.01. The van der Waals surface area contributed by atoms with Crippen molar-refractivity contribution in [2.24, 2.45) is 0 Å². The van der Waals surface area contributed by atoms with Crippen LogP contribution in [0, 0.1) is 5.21 Å². The molecular weight excluding hydrogens is 187 g/mol. The Balaban J connectivity index is 3.10. The number of aromatic nitrogens is 1. The van der Waals surface area contributed by atoms with Crippen LogP contribution in [-0.2, 0) is 6.18 Å². The predicted octanol–water partition coefficient (Wildman–Crippen LogP) is 1.35. The molecule has 1 aromatic rings. The van der Waals surface area contributed by atoms with E-state index in [1.165, 1.54) is 7.11 Å². The van der Waals surface area contributed by atoms with Crippen LogP contribution in [-0.4, -0.2) is 7.11 Å². The molecule has 0 N–H and O–H groups in total. The average Bonchev–Trinajstić information content (AvgIpc) is 2.02. The maximum Gasteiger partial charge on any atom is 0.422 e. The first-order valence-corrected chi connectivity index (χ1v) is 3.29. The fraction of sp³-hybridized carbons (Fsp3) is 0.286. The van der Waals surface area contributed by atoms with Crippen LogP contribution < -0.4 is 9.47 Å². The van der Waals surface area contributed by atoms with Gasteiger partial charge in [-0.15, -0.1) is 4.73 Å². The monoisotopic (exact) mass is 193 g/mol. The molecule has 3 nitrogen and oxygen atoms in total. The van der Waals surface area contributed by atoms with Crippen molar-refractivity contribution in [3.8, 4) is 5.88 Å². The molecule has 0 atom stereocenters. The molecule has 0 saturated carbocycles. The van der Waals surface area contributed by atoms with Gasteiger partial charge in [0.15, 0.2) is 6.20 Å². The number of alkyl halides is 3. The first-order chi connectivity index (χ1) is 5.95. The lowest BCUT2D eigenvalue weighted by atomic mass is 10.3. The summed E-state index contributed by atoms with van der Waals surface area (Å²) in [6, 6.07) is 1.75. The number of hydrogen-bond donors (Lipinski definition) is 0. The summed E-state index contributed by atoms with van der Waals surface area (Å²) in [7, 11) is 1.21. The highest BCUT2D eigenvalue weighted by molar-refractivity contribution is 5.15. The van der Waals surface area contributed by atoms with Gasteiger partial charge >= 0.3 is 12.1 Å². The van der Waals surface area contributed by atoms with E-state index in [0.29, 0.717) is 6.20 Å². The molecule has 1 rings (SSSR count). The maximum absolute atomic E-state index is 12.0. The lowest BCUT2D eigenvalue weighted by Crippen LogP contribution is -2.29. The molecule has 72 valence electrons. The topological polar surface area (TPSA) is 36.2 Å². The van der Waals surface area contributed by atoms with E-state index < -0.39 is 11.7 Å². The van der Waals surface area contributed by atoms with Gasteiger partial charge in [0, 0.05) is 0 Å². The lowest BCUT2D eigenvalue weighted by Gasteiger charge is -2.07. The van der Waals surface area contributed by atoms with E-state index in [0.717, 1.165) is 12.1 Å². The van der Waals surface area contributed by atoms with Crippen molar-refractivity contribution >= 4 is 0 Å². The van der Waals surface area contributed by atoms with Crippen molar-refractivity contribution in [2.75, 3.05) is 7.11 Å². The van der Waals surface area contributed by atoms with Crippen LogP contribution in [0.25, 0.3) is 0 Å². The van der Waals surface area contributed by atoms with Gasteiger partial charge < -0.3 is 9.94 Å². The summed E-state index contributed by atoms with van der Waals surface area (Å²) in [6.07, 6.45) is -4.07. The highest BCUT2D eigenvalue weighted by Crippen LogP contribution is 2.28. The van der Waals surface area contributed by atoms with E-state index in [-0.39, 0.29) is 10.6 Å². The zero-order valence-electron chi connectivity index (χ0n) is 6.63. The number of pyridine rings is 1. The fourth-order valence-corrected chi connectivity index (χ4v) is 0.793. The second-order valence-electron chi connectivity index (χ2n) is 2.28. The molecule has 0 unspecified atom stereocenters. The maximum atomic E-state index is 12.0. The van der Waals surface area contributed by atoms with E-state index in [4.69, 9.17) is 0 Å². The summed E-state index contributed by atoms with van der Waals surface area (Å²) in [4.78, 5) is 0. The normalized spacial score (nSPS) is 11.4. The summed E-state index contributed by atoms with van der Waals surface area (Å²) < 4.78 is 40.6. The summed E-state index contributed by atoms with van der Waals surface area (Å²) >= 11 is 0. The molecule has 0 aliphatic rings. The fourth-order valence-electron chi connectivity index (χ4n) is 0.793. The van der Waals surface area contributed by atoms with Crippen LogP contribution in [0.15, 0.2) is 18.3 Å². The summed E-state index contributed by atoms with van der Waals surface area (Å²) in [5.74, 6) is -0.173. The Morgan fingerprint density at radius 3 is 2.38 bits per heavy atom. The largest absolute Gasteiger partial charge is 0.616 e. The van der Waals surface area contributed by atoms with Crippen molar-refractivity contribution in [1.82, 2.24) is 0 Å². The van der Waals surface area contributed by atoms with Crippen LogP contribution in [0.3, 0.4) is 0 Å². The lowest BCUT2D eigenvalue weighted by molar-refractivity contribution is -0.613. The second-order valence-corrected chi connectivity index (χ2v) is 2.28. The van der Waals surface area contributed by atoms with Gasteiger partial charge in [0.25, 0.3) is 0 Å². The number of halogens is 3. The predicted molar refractivity (Wildman–Crippen MR) is 37.0 cm³/mol. The van der Waals surface area contributed by atoms with Crippen LogP contribution in [0.2, 0.25) is 0 Å². The third-order valence-corrected chi connectivity index (χ3v) is 1.42. The quantitative estimate of drug-likeness (QED) is 0.498. The Kier molecular flexibility index (Phi) is 2.31. The highest BCUT2D eigenvalue weighted by Gasteiger charge is 2.33. The molecular formula is C7H6F3NO2. The molecule has 0 amide bonds. The van der Waals surface area contributed by atoms with E-state index in [2.05, 4.69) is 4.74 Å². The van der Waals surface area contributed by atoms with Gasteiger partial charge in [-0.05, 0) is 6.07 Å². The smallest absolute Gasteiger partial charge is 0.422 e. The van der Waals surface area contributed by atoms with Crippen molar-refractivity contribution in [2.45, 2.75) is 6.18 Å². The summed E-state index contributed by atoms with van der Waals surface area (Å²) in [5.41, 5.74) is -0.997. The van der Waals surface area contributed by atoms with E-state index in [1.54, 1.807) is 0 Å². The van der Waals surface area contributed by atoms with Gasteiger partial charge in [-0.3, -0.25) is 0 Å². The van der Waals surface area contributed by atoms with Crippen LogP contribution in [0.5, 0.6) is 5.88 Å². The summed E-state index contributed by atoms with van der Waals surface area (Å²) in [5, 5.41) is 10.8. The molecule has 1 heterocycles. The Morgan fingerprint density at radius 2 is 2.00 bits per heavy atom. The number of rotatable bonds is 1. The molecule has 6 heteroatoms. The highest BCUT2D eigenvalue weighted by atomic mass is 19.4. The minimum absolute atomic E-state index is 0.0306. The van der Waals surface area contributed by atoms with Crippen LogP contribution >= 0.6 is 0 Å². The standard InChI is InChI=1S/C7H6F3NO2/c1-13-6-3-2-5(4-11(6)12)7(8,9)10/h2-4H,1H3. The van der Waals surface area contributed by atoms with Crippen LogP contribution in [0.1, 0.15) is 5.56 Å². The average molecular weight is 193 g/mol. The number of methoxy groups -OCH3 is 1. The van der Waals surface area contributed by atoms with Gasteiger partial charge in [0.05, 0.1) is 13.2 Å². The molecule has 0 aliphatic heterocycles. The number of nitrogens with zero attached hydrogens (tertiary/aromatic N) is 1. The number of hydrogen-bond acceptors (Lipinski definition) is 2. The van der Waals surface area contributed by atoms with E-state index in [9.17, 15) is 18.4 Å². The molecule has 0 aromatic carbocycles. The second kappa shape index (κ2) is 3.12. The van der Waals surface area contributed by atoms with Gasteiger partial charge in [-0.1, -0.05) is 0 Å². The van der Waals surface area contributed by atoms with Gasteiger partial charge in [0.1, 0.15) is 5.56 Å². The first kappa shape index (κ1) is 9.63. The molecule has 13 heavy (non-hydrogen) atoms. The van der Waals surface area contributed by atoms with Crippen LogP contribution in [0.4, 0.5) is 13.2 Å². The van der Waals surface area contributed by atoms with E-state index >= 15 is 0 Å². The first-order valence-electron chi connectivity index (χ1n) is 3.29. The zero-order chi connectivity index (χ0) is 10.1. The summed E-state index contributed by atoms with van der Waals surface area (Å²) in [6.45, 7) is 0. The third-order valence-electron chi connectivity index (χ3n) is 1.42. The Labute approximate surface area is 71.9 Å². The molecule has 1 aromatic heterocycles. The zero-order valence-corrected chi connectivity index (χ0v) is 6.63. The molecule has 0 bridgehead atoms. The van der Waals surface area contributed by atoms with Crippen molar-refractivity contribution < 1.29 is 22.6 Å². The van der Waals surface area contributed by atoms with Gasteiger partial charge in [-0.2, -0.15) is 13.2 Å². The molecule has 0 radical (unpaired) electrons. The Bertz CT molecular complexity index is 311. The molecule has 0 aliphatic carbocycles. The van der Waals surface area contributed by atoms with E-state index in [1.807, 2.05) is 0 Å². The van der Waals surface area contributed by atoms with Crippen molar-refractivity contribution in [3.63, 3.8) is 0 Å². The molecule has 0 spiro atoms. The minimum atomic E-state index is -4.50. The SMILES string of the molecule is COc1ccc(C(F)(F)F)c[n+]1[O-]. The number of ether oxygens (including phenoxy) is 1. The van der Waals surface area contributed by atoms with Crippen molar-refractivity contribution in [3.05, 3.63) is 29.1 Å². The minimum Gasteiger partial charge on any atom is -0.616 e. The van der Waals surface area contributed by atoms with Crippen molar-refractivity contribution in [1.29, 1.82) is 0 Å². The Hall–Kier alpha value is -1.46. The van der Waals surface area contributed by atoms with Gasteiger partial charge in [0.2, 0.25) is 0 Å². The molecule has 0 saturated heterocycles. The molecule has 0 fully saturated rings. The van der Waals surface area contributed by atoms with Gasteiger partial charge in [-0.25, -0.2) is 0 Å². The Morgan fingerprint density at radius 1 is 1.38 bits per heavy atom.